The molecule has 2 aromatic heterocycles. The van der Waals surface area contributed by atoms with E-state index in [-0.39, 0.29) is 11.4 Å². The highest BCUT2D eigenvalue weighted by atomic mass is 35.5. The van der Waals surface area contributed by atoms with Crippen LogP contribution >= 0.6 is 23.2 Å². The summed E-state index contributed by atoms with van der Waals surface area (Å²) in [5.74, 6) is 1.36. The summed E-state index contributed by atoms with van der Waals surface area (Å²) in [4.78, 5) is 20.9. The summed E-state index contributed by atoms with van der Waals surface area (Å²) < 4.78 is 11.2. The minimum absolute atomic E-state index is 0.111. The first-order chi connectivity index (χ1) is 16.3. The topological polar surface area (TPSA) is 137 Å². The molecule has 0 bridgehead atoms. The number of benzene rings is 2. The van der Waals surface area contributed by atoms with E-state index >= 15 is 0 Å². The van der Waals surface area contributed by atoms with Crippen LogP contribution in [0.4, 0.5) is 11.4 Å². The SMILES string of the molecule is O=[N+]([O-])c1ccc(Cl)c(-c2ccc(/C=N/N=C/c3ccc(-c4cc([N+](=O)[O-])ccc4Cl)o3)o2)c1. The van der Waals surface area contributed by atoms with Gasteiger partial charge in [-0.1, -0.05) is 23.2 Å². The van der Waals surface area contributed by atoms with Crippen LogP contribution in [0.2, 0.25) is 10.0 Å². The molecule has 0 N–H and O–H groups in total. The Morgan fingerprint density at radius 3 is 1.47 bits per heavy atom. The standard InChI is InChI=1S/C22H12Cl2N4O6/c23-19-5-1-13(27(29)30)9-17(19)21-7-3-15(33-21)11-25-26-12-16-4-8-22(34-16)18-10-14(28(31)32)2-6-20(18)24/h1-12H/b25-11+,26-12+. The highest BCUT2D eigenvalue weighted by molar-refractivity contribution is 6.33. The van der Waals surface area contributed by atoms with Gasteiger partial charge in [0.25, 0.3) is 11.4 Å². The van der Waals surface area contributed by atoms with E-state index in [1.807, 2.05) is 0 Å². The molecule has 2 aromatic carbocycles. The van der Waals surface area contributed by atoms with Crippen LogP contribution in [0.1, 0.15) is 11.5 Å². The molecule has 0 radical (unpaired) electrons. The van der Waals surface area contributed by atoms with Gasteiger partial charge in [0.15, 0.2) is 0 Å². The third kappa shape index (κ3) is 5.03. The highest BCUT2D eigenvalue weighted by Crippen LogP contribution is 2.33. The molecule has 12 heteroatoms. The molecule has 4 rings (SSSR count). The van der Waals surface area contributed by atoms with Crippen LogP contribution in [0.15, 0.2) is 79.7 Å². The van der Waals surface area contributed by atoms with E-state index in [1.165, 1.54) is 48.8 Å². The molecule has 0 aliphatic rings. The molecule has 0 spiro atoms. The maximum Gasteiger partial charge on any atom is 0.270 e. The van der Waals surface area contributed by atoms with Gasteiger partial charge in [-0.25, -0.2) is 0 Å². The predicted molar refractivity (Wildman–Crippen MR) is 127 cm³/mol. The van der Waals surface area contributed by atoms with Gasteiger partial charge < -0.3 is 8.83 Å². The maximum absolute atomic E-state index is 11.0. The molecular formula is C22H12Cl2N4O6. The molecule has 0 aliphatic carbocycles. The van der Waals surface area contributed by atoms with Crippen LogP contribution in [0.25, 0.3) is 22.6 Å². The number of rotatable bonds is 7. The Balaban J connectivity index is 1.47. The van der Waals surface area contributed by atoms with Gasteiger partial charge in [0.1, 0.15) is 23.0 Å². The van der Waals surface area contributed by atoms with E-state index < -0.39 is 9.85 Å². The molecule has 0 fully saturated rings. The second-order valence-electron chi connectivity index (χ2n) is 6.74. The van der Waals surface area contributed by atoms with E-state index in [0.717, 1.165) is 0 Å². The molecule has 10 nitrogen and oxygen atoms in total. The summed E-state index contributed by atoms with van der Waals surface area (Å²) in [5, 5.41) is 30.3. The van der Waals surface area contributed by atoms with Gasteiger partial charge in [-0.05, 0) is 36.4 Å². The molecule has 170 valence electrons. The van der Waals surface area contributed by atoms with Crippen molar-refractivity contribution in [3.8, 4) is 22.6 Å². The van der Waals surface area contributed by atoms with E-state index in [4.69, 9.17) is 32.0 Å². The van der Waals surface area contributed by atoms with Crippen LogP contribution in [-0.2, 0) is 0 Å². The third-order valence-electron chi connectivity index (χ3n) is 4.54. The second-order valence-corrected chi connectivity index (χ2v) is 7.55. The summed E-state index contributed by atoms with van der Waals surface area (Å²) in [6, 6.07) is 14.5. The normalized spacial score (nSPS) is 11.5. The van der Waals surface area contributed by atoms with Crippen molar-refractivity contribution in [2.24, 2.45) is 10.2 Å². The number of hydrogen-bond donors (Lipinski definition) is 0. The van der Waals surface area contributed by atoms with Crippen molar-refractivity contribution in [1.29, 1.82) is 0 Å². The van der Waals surface area contributed by atoms with Gasteiger partial charge in [-0.3, -0.25) is 20.2 Å². The zero-order valence-corrected chi connectivity index (χ0v) is 18.4. The van der Waals surface area contributed by atoms with Gasteiger partial charge in [-0.15, -0.1) is 0 Å². The Kier molecular flexibility index (Phi) is 6.53. The number of nitro benzene ring substituents is 2. The van der Waals surface area contributed by atoms with Gasteiger partial charge in [-0.2, -0.15) is 10.2 Å². The first-order valence-electron chi connectivity index (χ1n) is 9.46. The van der Waals surface area contributed by atoms with Crippen LogP contribution in [0.3, 0.4) is 0 Å². The number of hydrogen-bond acceptors (Lipinski definition) is 8. The number of nitro groups is 2. The molecule has 0 atom stereocenters. The predicted octanol–water partition coefficient (Wildman–Crippen LogP) is 6.78. The Labute approximate surface area is 201 Å². The van der Waals surface area contributed by atoms with Crippen LogP contribution in [-0.4, -0.2) is 22.3 Å². The van der Waals surface area contributed by atoms with Crippen molar-refractivity contribution < 1.29 is 18.7 Å². The lowest BCUT2D eigenvalue weighted by molar-refractivity contribution is -0.385. The van der Waals surface area contributed by atoms with Crippen LogP contribution in [0.5, 0.6) is 0 Å². The smallest absolute Gasteiger partial charge is 0.270 e. The summed E-state index contributed by atoms with van der Waals surface area (Å²) >= 11 is 12.3. The molecular weight excluding hydrogens is 487 g/mol. The molecule has 0 aliphatic heterocycles. The monoisotopic (exact) mass is 498 g/mol. The lowest BCUT2D eigenvalue weighted by Gasteiger charge is -2.00. The number of non-ortho nitro benzene ring substituents is 2. The van der Waals surface area contributed by atoms with Crippen LogP contribution < -0.4 is 0 Å². The number of nitrogens with zero attached hydrogens (tertiary/aromatic N) is 4. The minimum atomic E-state index is -0.521. The van der Waals surface area contributed by atoms with Gasteiger partial charge in [0.2, 0.25) is 0 Å². The molecule has 0 saturated carbocycles. The Morgan fingerprint density at radius 2 is 1.09 bits per heavy atom. The summed E-state index contributed by atoms with van der Waals surface area (Å²) in [7, 11) is 0. The fourth-order valence-electron chi connectivity index (χ4n) is 2.95. The van der Waals surface area contributed by atoms with E-state index in [9.17, 15) is 20.2 Å². The highest BCUT2D eigenvalue weighted by Gasteiger charge is 2.15. The minimum Gasteiger partial charge on any atom is -0.455 e. The molecule has 4 aromatic rings. The van der Waals surface area contributed by atoms with Crippen molar-refractivity contribution in [2.45, 2.75) is 0 Å². The zero-order chi connectivity index (χ0) is 24.2. The number of furan rings is 2. The van der Waals surface area contributed by atoms with Crippen molar-refractivity contribution in [1.82, 2.24) is 0 Å². The molecule has 34 heavy (non-hydrogen) atoms. The summed E-state index contributed by atoms with van der Waals surface area (Å²) in [6.45, 7) is 0. The summed E-state index contributed by atoms with van der Waals surface area (Å²) in [6.07, 6.45) is 2.68. The first-order valence-corrected chi connectivity index (χ1v) is 10.2. The van der Waals surface area contributed by atoms with Gasteiger partial charge in [0.05, 0.1) is 32.3 Å². The average Bonchev–Trinajstić information content (AvgIpc) is 3.47. The lowest BCUT2D eigenvalue weighted by Crippen LogP contribution is -1.88. The fourth-order valence-corrected chi connectivity index (χ4v) is 3.37. The Bertz CT molecular complexity index is 1350. The average molecular weight is 499 g/mol. The lowest BCUT2D eigenvalue weighted by atomic mass is 10.1. The number of halogens is 2. The second kappa shape index (κ2) is 9.69. The van der Waals surface area contributed by atoms with Crippen LogP contribution in [0, 0.1) is 20.2 Å². The molecule has 0 saturated heterocycles. The Morgan fingerprint density at radius 1 is 0.676 bits per heavy atom. The van der Waals surface area contributed by atoms with Gasteiger partial charge in [0, 0.05) is 35.4 Å². The zero-order valence-electron chi connectivity index (χ0n) is 16.9. The van der Waals surface area contributed by atoms with Crippen molar-refractivity contribution in [2.75, 3.05) is 0 Å². The van der Waals surface area contributed by atoms with Crippen molar-refractivity contribution >= 4 is 47.0 Å². The Hall–Kier alpha value is -4.28. The van der Waals surface area contributed by atoms with E-state index in [2.05, 4.69) is 10.2 Å². The first kappa shape index (κ1) is 22.9. The third-order valence-corrected chi connectivity index (χ3v) is 5.20. The van der Waals surface area contributed by atoms with E-state index in [0.29, 0.717) is 44.2 Å². The van der Waals surface area contributed by atoms with Crippen molar-refractivity contribution in [3.63, 3.8) is 0 Å². The maximum atomic E-state index is 11.0. The molecule has 0 amide bonds. The fraction of sp³-hybridized carbons (Fsp3) is 0. The quantitative estimate of drug-likeness (QED) is 0.156. The molecule has 0 unspecified atom stereocenters. The molecule has 2 heterocycles. The van der Waals surface area contributed by atoms with Gasteiger partial charge >= 0.3 is 0 Å². The van der Waals surface area contributed by atoms with E-state index in [1.54, 1.807) is 24.3 Å². The largest absolute Gasteiger partial charge is 0.455 e. The summed E-state index contributed by atoms with van der Waals surface area (Å²) in [5.41, 5.74) is 0.531. The van der Waals surface area contributed by atoms with Crippen molar-refractivity contribution in [3.05, 3.63) is 102 Å².